The van der Waals surface area contributed by atoms with Gasteiger partial charge in [-0.25, -0.2) is 4.39 Å². The van der Waals surface area contributed by atoms with Crippen LogP contribution in [0.1, 0.15) is 41.6 Å². The van der Waals surface area contributed by atoms with Gasteiger partial charge < -0.3 is 19.6 Å². The maximum absolute atomic E-state index is 14.5. The number of hydrogen-bond donors (Lipinski definition) is 1. The molecule has 2 aromatic carbocycles. The molecule has 1 aliphatic rings. The molecule has 38 heavy (non-hydrogen) atoms. The molecular formula is C27H31ClF4N2O4. The molecule has 0 saturated carbocycles. The molecule has 1 unspecified atom stereocenters. The number of nitrogens with zero attached hydrogens (tertiary/aromatic N) is 2. The number of likely N-dealkylation sites (tertiary alicyclic amines) is 1. The normalized spacial score (nSPS) is 17.0. The molecule has 0 aromatic heterocycles. The largest absolute Gasteiger partial charge is 0.491 e. The Morgan fingerprint density at radius 3 is 2.32 bits per heavy atom. The molecule has 2 aromatic rings. The Hall–Kier alpha value is -2.85. The highest BCUT2D eigenvalue weighted by atomic mass is 35.5. The summed E-state index contributed by atoms with van der Waals surface area (Å²) in [5.74, 6) is -1.31. The Kier molecular flexibility index (Phi) is 9.64. The van der Waals surface area contributed by atoms with Crippen LogP contribution in [0.25, 0.3) is 0 Å². The van der Waals surface area contributed by atoms with E-state index in [1.165, 1.54) is 35.2 Å². The van der Waals surface area contributed by atoms with Crippen molar-refractivity contribution >= 4 is 23.4 Å². The van der Waals surface area contributed by atoms with E-state index in [4.69, 9.17) is 16.3 Å². The topological polar surface area (TPSA) is 70.1 Å². The van der Waals surface area contributed by atoms with Crippen molar-refractivity contribution in [2.24, 2.45) is 5.92 Å². The minimum atomic E-state index is -5.18. The fourth-order valence-corrected chi connectivity index (χ4v) is 4.68. The first-order chi connectivity index (χ1) is 17.8. The maximum Gasteiger partial charge on any atom is 0.430 e. The third-order valence-electron chi connectivity index (χ3n) is 6.71. The zero-order chi connectivity index (χ0) is 28.1. The van der Waals surface area contributed by atoms with Crippen molar-refractivity contribution in [3.63, 3.8) is 0 Å². The number of piperidine rings is 1. The van der Waals surface area contributed by atoms with Crippen LogP contribution in [-0.2, 0) is 10.4 Å². The van der Waals surface area contributed by atoms with Crippen molar-refractivity contribution < 1.29 is 37.0 Å². The molecule has 1 heterocycles. The zero-order valence-electron chi connectivity index (χ0n) is 21.2. The molecule has 11 heteroatoms. The lowest BCUT2D eigenvalue weighted by molar-refractivity contribution is -0.262. The summed E-state index contributed by atoms with van der Waals surface area (Å²) < 4.78 is 61.4. The van der Waals surface area contributed by atoms with Gasteiger partial charge in [0, 0.05) is 32.7 Å². The molecule has 1 N–H and O–H groups in total. The lowest BCUT2D eigenvalue weighted by Crippen LogP contribution is -2.57. The Bertz CT molecular complexity index is 1110. The van der Waals surface area contributed by atoms with E-state index < -0.39 is 29.4 Å². The molecule has 2 atom stereocenters. The summed E-state index contributed by atoms with van der Waals surface area (Å²) in [4.78, 5) is 27.3. The first-order valence-electron chi connectivity index (χ1n) is 12.3. The van der Waals surface area contributed by atoms with Gasteiger partial charge in [-0.3, -0.25) is 9.59 Å². The van der Waals surface area contributed by atoms with Crippen molar-refractivity contribution in [2.75, 3.05) is 33.8 Å². The van der Waals surface area contributed by atoms with Crippen molar-refractivity contribution in [2.45, 2.75) is 43.6 Å². The van der Waals surface area contributed by atoms with Crippen LogP contribution in [0, 0.1) is 5.92 Å². The molecule has 0 bridgehead atoms. The van der Waals surface area contributed by atoms with Gasteiger partial charge >= 0.3 is 6.18 Å². The van der Waals surface area contributed by atoms with Gasteiger partial charge in [0.05, 0.1) is 10.6 Å². The number of amides is 2. The number of ether oxygens (including phenoxy) is 1. The number of carbonyl (C=O) groups excluding carboxylic acids is 2. The SMILES string of the molecule is CN(C)C(=O)c1ccc(OC[C@H](F)CCC2CCN(C(=O)C(O)(c3ccccc3)C(F)(F)F)CC2)cc1Cl. The molecule has 0 aliphatic carbocycles. The van der Waals surface area contributed by atoms with E-state index in [1.807, 2.05) is 0 Å². The lowest BCUT2D eigenvalue weighted by Gasteiger charge is -2.38. The number of carbonyl (C=O) groups is 2. The number of hydrogen-bond acceptors (Lipinski definition) is 4. The monoisotopic (exact) mass is 558 g/mol. The quantitative estimate of drug-likeness (QED) is 0.428. The second kappa shape index (κ2) is 12.3. The Morgan fingerprint density at radius 1 is 1.13 bits per heavy atom. The van der Waals surface area contributed by atoms with Crippen molar-refractivity contribution in [1.29, 1.82) is 0 Å². The van der Waals surface area contributed by atoms with Gasteiger partial charge in [0.2, 0.25) is 0 Å². The summed E-state index contributed by atoms with van der Waals surface area (Å²) in [6.07, 6.45) is -5.01. The summed E-state index contributed by atoms with van der Waals surface area (Å²) in [5, 5.41) is 10.7. The van der Waals surface area contributed by atoms with Gasteiger partial charge in [-0.05, 0) is 49.8 Å². The molecule has 1 fully saturated rings. The third kappa shape index (κ3) is 6.77. The van der Waals surface area contributed by atoms with Crippen LogP contribution in [-0.4, -0.2) is 72.9 Å². The van der Waals surface area contributed by atoms with Crippen LogP contribution < -0.4 is 4.74 Å². The average molecular weight is 559 g/mol. The van der Waals surface area contributed by atoms with Gasteiger partial charge in [0.15, 0.2) is 0 Å². The summed E-state index contributed by atoms with van der Waals surface area (Å²) >= 11 is 6.14. The van der Waals surface area contributed by atoms with Gasteiger partial charge in [-0.15, -0.1) is 0 Å². The predicted octanol–water partition coefficient (Wildman–Crippen LogP) is 5.23. The fourth-order valence-electron chi connectivity index (χ4n) is 4.43. The molecule has 2 amide bonds. The van der Waals surface area contributed by atoms with Crippen molar-refractivity contribution in [1.82, 2.24) is 9.80 Å². The molecule has 6 nitrogen and oxygen atoms in total. The predicted molar refractivity (Wildman–Crippen MR) is 135 cm³/mol. The van der Waals surface area contributed by atoms with Crippen LogP contribution in [0.5, 0.6) is 5.75 Å². The molecule has 3 rings (SSSR count). The first kappa shape index (κ1) is 29.7. The van der Waals surface area contributed by atoms with Crippen molar-refractivity contribution in [3.05, 3.63) is 64.7 Å². The molecule has 1 saturated heterocycles. The summed E-state index contributed by atoms with van der Waals surface area (Å²) in [6.45, 7) is -0.137. The summed E-state index contributed by atoms with van der Waals surface area (Å²) in [5.41, 5.74) is -3.84. The second-order valence-corrected chi connectivity index (χ2v) is 10.0. The van der Waals surface area contributed by atoms with Crippen LogP contribution in [0.15, 0.2) is 48.5 Å². The Balaban J connectivity index is 1.48. The number of benzene rings is 2. The first-order valence-corrected chi connectivity index (χ1v) is 12.6. The van der Waals surface area contributed by atoms with E-state index >= 15 is 0 Å². The molecular weight excluding hydrogens is 528 g/mol. The average Bonchev–Trinajstić information content (AvgIpc) is 2.89. The third-order valence-corrected chi connectivity index (χ3v) is 7.02. The highest BCUT2D eigenvalue weighted by Gasteiger charge is 2.62. The molecule has 1 aliphatic heterocycles. The van der Waals surface area contributed by atoms with Gasteiger partial charge in [-0.1, -0.05) is 41.9 Å². The highest BCUT2D eigenvalue weighted by molar-refractivity contribution is 6.34. The molecule has 0 spiro atoms. The van der Waals surface area contributed by atoms with E-state index in [1.54, 1.807) is 20.2 Å². The van der Waals surface area contributed by atoms with Gasteiger partial charge in [0.1, 0.15) is 18.5 Å². The van der Waals surface area contributed by atoms with Crippen LogP contribution in [0.4, 0.5) is 17.6 Å². The Morgan fingerprint density at radius 2 is 1.76 bits per heavy atom. The smallest absolute Gasteiger partial charge is 0.430 e. The maximum atomic E-state index is 14.5. The van der Waals surface area contributed by atoms with Crippen molar-refractivity contribution in [3.8, 4) is 5.75 Å². The fraction of sp³-hybridized carbons (Fsp3) is 0.481. The summed E-state index contributed by atoms with van der Waals surface area (Å²) in [7, 11) is 3.21. The highest BCUT2D eigenvalue weighted by Crippen LogP contribution is 2.41. The Labute approximate surface area is 224 Å². The van der Waals surface area contributed by atoms with E-state index in [2.05, 4.69) is 0 Å². The number of aliphatic hydroxyl groups is 1. The van der Waals surface area contributed by atoms with E-state index in [0.29, 0.717) is 30.6 Å². The number of rotatable bonds is 9. The van der Waals surface area contributed by atoms with E-state index in [9.17, 15) is 32.3 Å². The van der Waals surface area contributed by atoms with Gasteiger partial charge in [-0.2, -0.15) is 13.2 Å². The minimum Gasteiger partial charge on any atom is -0.491 e. The van der Waals surface area contributed by atoms with Crippen LogP contribution in [0.3, 0.4) is 0 Å². The molecule has 0 radical (unpaired) electrons. The van der Waals surface area contributed by atoms with Gasteiger partial charge in [0.25, 0.3) is 17.4 Å². The summed E-state index contributed by atoms with van der Waals surface area (Å²) in [6, 6.07) is 10.8. The number of alkyl halides is 4. The van der Waals surface area contributed by atoms with Crippen LogP contribution in [0.2, 0.25) is 5.02 Å². The standard InChI is InChI=1S/C27H31ClF4N2O4/c1-33(2)24(35)22-11-10-21(16-23(22)28)38-17-20(29)9-8-18-12-14-34(15-13-18)25(36)26(37,27(30,31)32)19-6-4-3-5-7-19/h3-7,10-11,16,18,20,37H,8-9,12-15,17H2,1-2H3/t20-,26?/m1/s1. The minimum absolute atomic E-state index is 0.0266. The molecule has 208 valence electrons. The van der Waals surface area contributed by atoms with E-state index in [-0.39, 0.29) is 43.0 Å². The number of halogens is 5. The van der Waals surface area contributed by atoms with E-state index in [0.717, 1.165) is 17.0 Å². The zero-order valence-corrected chi connectivity index (χ0v) is 21.9. The van der Waals surface area contributed by atoms with Crippen LogP contribution >= 0.6 is 11.6 Å². The lowest BCUT2D eigenvalue weighted by atomic mass is 9.87. The second-order valence-electron chi connectivity index (χ2n) is 9.64.